The summed E-state index contributed by atoms with van der Waals surface area (Å²) < 4.78 is 10.9. The van der Waals surface area contributed by atoms with Gasteiger partial charge in [-0.3, -0.25) is 4.99 Å². The molecule has 0 radical (unpaired) electrons. The number of rotatable bonds is 11. The lowest BCUT2D eigenvalue weighted by Gasteiger charge is -2.24. The number of nitrogens with one attached hydrogen (secondary N) is 2. The summed E-state index contributed by atoms with van der Waals surface area (Å²) in [5.41, 5.74) is 2.28. The second kappa shape index (κ2) is 12.5. The average molecular weight is 365 g/mol. The molecule has 0 heterocycles. The molecular weight excluding hydrogens is 328 g/mol. The van der Waals surface area contributed by atoms with Crippen LogP contribution < -0.4 is 15.4 Å². The van der Waals surface area contributed by atoms with E-state index in [1.807, 2.05) is 0 Å². The quantitative estimate of drug-likeness (QED) is 0.359. The zero-order valence-electron chi connectivity index (χ0n) is 17.3. The van der Waals surface area contributed by atoms with E-state index in [4.69, 9.17) is 9.47 Å². The molecule has 1 aromatic rings. The number of likely N-dealkylation sites (N-methyl/N-ethyl adjacent to an activating group) is 1. The molecule has 0 fully saturated rings. The molecule has 0 aromatic heterocycles. The van der Waals surface area contributed by atoms with Crippen LogP contribution in [0.4, 0.5) is 0 Å². The highest BCUT2D eigenvalue weighted by molar-refractivity contribution is 5.79. The van der Waals surface area contributed by atoms with Crippen LogP contribution in [0.15, 0.2) is 23.2 Å². The summed E-state index contributed by atoms with van der Waals surface area (Å²) in [5.74, 6) is 1.69. The highest BCUT2D eigenvalue weighted by atomic mass is 16.5. The van der Waals surface area contributed by atoms with E-state index in [9.17, 15) is 0 Å². The van der Waals surface area contributed by atoms with Crippen molar-refractivity contribution in [3.05, 3.63) is 29.3 Å². The number of guanidine groups is 1. The van der Waals surface area contributed by atoms with Gasteiger partial charge in [0.25, 0.3) is 0 Å². The number of aliphatic imine (C=N–C) groups is 1. The van der Waals surface area contributed by atoms with E-state index in [1.165, 1.54) is 5.56 Å². The molecule has 1 aromatic carbocycles. The monoisotopic (exact) mass is 364 g/mol. The molecule has 1 rings (SSSR count). The van der Waals surface area contributed by atoms with E-state index >= 15 is 0 Å². The van der Waals surface area contributed by atoms with Crippen molar-refractivity contribution in [2.45, 2.75) is 39.8 Å². The van der Waals surface area contributed by atoms with Gasteiger partial charge in [0.05, 0.1) is 6.61 Å². The molecule has 26 heavy (non-hydrogen) atoms. The van der Waals surface area contributed by atoms with Crippen LogP contribution in [0.25, 0.3) is 0 Å². The van der Waals surface area contributed by atoms with Crippen molar-refractivity contribution in [1.82, 2.24) is 15.5 Å². The summed E-state index contributed by atoms with van der Waals surface area (Å²) in [6.07, 6.45) is 1.16. The molecular formula is C20H36N4O2. The predicted molar refractivity (Wildman–Crippen MR) is 109 cm³/mol. The maximum absolute atomic E-state index is 5.84. The van der Waals surface area contributed by atoms with Gasteiger partial charge in [0, 0.05) is 45.4 Å². The summed E-state index contributed by atoms with van der Waals surface area (Å²) in [7, 11) is 5.62. The third kappa shape index (κ3) is 8.06. The van der Waals surface area contributed by atoms with Crippen LogP contribution in [0.1, 0.15) is 31.4 Å². The van der Waals surface area contributed by atoms with Crippen molar-refractivity contribution in [3.8, 4) is 5.75 Å². The molecule has 0 spiro atoms. The van der Waals surface area contributed by atoms with Crippen LogP contribution in [0, 0.1) is 6.92 Å². The Morgan fingerprint density at radius 1 is 1.27 bits per heavy atom. The summed E-state index contributed by atoms with van der Waals surface area (Å²) >= 11 is 0. The number of methoxy groups -OCH3 is 1. The first-order chi connectivity index (χ1) is 12.5. The number of nitrogens with zero attached hydrogens (tertiary/aromatic N) is 2. The van der Waals surface area contributed by atoms with Crippen molar-refractivity contribution >= 4 is 5.96 Å². The van der Waals surface area contributed by atoms with E-state index in [1.54, 1.807) is 14.2 Å². The van der Waals surface area contributed by atoms with E-state index in [0.717, 1.165) is 36.8 Å². The number of benzene rings is 1. The predicted octanol–water partition coefficient (Wildman–Crippen LogP) is 2.42. The highest BCUT2D eigenvalue weighted by Crippen LogP contribution is 2.20. The zero-order valence-corrected chi connectivity index (χ0v) is 17.3. The van der Waals surface area contributed by atoms with Crippen LogP contribution in [-0.2, 0) is 11.3 Å². The Morgan fingerprint density at radius 3 is 2.69 bits per heavy atom. The van der Waals surface area contributed by atoms with E-state index in [-0.39, 0.29) is 0 Å². The molecule has 148 valence electrons. The third-order valence-corrected chi connectivity index (χ3v) is 4.54. The second-order valence-corrected chi connectivity index (χ2v) is 6.54. The van der Waals surface area contributed by atoms with Crippen LogP contribution in [0.3, 0.4) is 0 Å². The number of hydrogen-bond donors (Lipinski definition) is 2. The molecule has 6 heteroatoms. The smallest absolute Gasteiger partial charge is 0.191 e. The van der Waals surface area contributed by atoms with Gasteiger partial charge in [0.1, 0.15) is 12.4 Å². The molecule has 2 N–H and O–H groups in total. The number of aryl methyl sites for hydroxylation is 1. The Kier molecular flexibility index (Phi) is 10.7. The van der Waals surface area contributed by atoms with E-state index in [0.29, 0.717) is 25.8 Å². The largest absolute Gasteiger partial charge is 0.491 e. The first-order valence-corrected chi connectivity index (χ1v) is 9.37. The summed E-state index contributed by atoms with van der Waals surface area (Å²) in [5, 5.41) is 6.73. The van der Waals surface area contributed by atoms with Crippen molar-refractivity contribution < 1.29 is 9.47 Å². The Hall–Kier alpha value is -1.79. The fourth-order valence-corrected chi connectivity index (χ4v) is 2.46. The van der Waals surface area contributed by atoms with Gasteiger partial charge in [-0.2, -0.15) is 0 Å². The Balaban J connectivity index is 2.52. The number of ether oxygens (including phenoxy) is 2. The van der Waals surface area contributed by atoms with Crippen molar-refractivity contribution in [3.63, 3.8) is 0 Å². The first kappa shape index (κ1) is 22.3. The second-order valence-electron chi connectivity index (χ2n) is 6.54. The van der Waals surface area contributed by atoms with Gasteiger partial charge in [0.2, 0.25) is 0 Å². The molecule has 0 amide bonds. The van der Waals surface area contributed by atoms with Crippen molar-refractivity contribution in [1.29, 1.82) is 0 Å². The standard InChI is InChI=1S/C20H36N4O2/c1-7-17(3)24(5)11-10-22-20(21-4)23-15-18-9-8-16(2)14-19(18)26-13-12-25-6/h8-9,14,17H,7,10-13,15H2,1-6H3,(H2,21,22,23). The molecule has 0 aliphatic heterocycles. The zero-order chi connectivity index (χ0) is 19.4. The normalized spacial score (nSPS) is 13.0. The van der Waals surface area contributed by atoms with Crippen molar-refractivity contribution in [2.75, 3.05) is 47.5 Å². The van der Waals surface area contributed by atoms with Gasteiger partial charge in [-0.25, -0.2) is 0 Å². The fourth-order valence-electron chi connectivity index (χ4n) is 2.46. The topological polar surface area (TPSA) is 58.1 Å². The molecule has 0 saturated carbocycles. The summed E-state index contributed by atoms with van der Waals surface area (Å²) in [6.45, 7) is 10.1. The molecule has 0 saturated heterocycles. The fraction of sp³-hybridized carbons (Fsp3) is 0.650. The molecule has 0 aliphatic rings. The SMILES string of the molecule is CCC(C)N(C)CCNC(=NC)NCc1ccc(C)cc1OCCOC. The van der Waals surface area contributed by atoms with E-state index < -0.39 is 0 Å². The lowest BCUT2D eigenvalue weighted by Crippen LogP contribution is -2.42. The number of hydrogen-bond acceptors (Lipinski definition) is 4. The maximum atomic E-state index is 5.84. The molecule has 0 bridgehead atoms. The molecule has 1 atom stereocenters. The van der Waals surface area contributed by atoms with Crippen LogP contribution >= 0.6 is 0 Å². The van der Waals surface area contributed by atoms with Crippen molar-refractivity contribution in [2.24, 2.45) is 4.99 Å². The average Bonchev–Trinajstić information content (AvgIpc) is 2.64. The van der Waals surface area contributed by atoms with Gasteiger partial charge in [0.15, 0.2) is 5.96 Å². The molecule has 1 unspecified atom stereocenters. The molecule has 0 aliphatic carbocycles. The van der Waals surface area contributed by atoms with Gasteiger partial charge in [-0.15, -0.1) is 0 Å². The minimum Gasteiger partial charge on any atom is -0.491 e. The first-order valence-electron chi connectivity index (χ1n) is 9.37. The minimum atomic E-state index is 0.544. The summed E-state index contributed by atoms with van der Waals surface area (Å²) in [6, 6.07) is 6.83. The van der Waals surface area contributed by atoms with Crippen LogP contribution in [0.5, 0.6) is 5.75 Å². The van der Waals surface area contributed by atoms with Crippen LogP contribution in [0.2, 0.25) is 0 Å². The van der Waals surface area contributed by atoms with Gasteiger partial charge in [-0.05, 0) is 38.9 Å². The van der Waals surface area contributed by atoms with Gasteiger partial charge >= 0.3 is 0 Å². The lowest BCUT2D eigenvalue weighted by molar-refractivity contribution is 0.145. The lowest BCUT2D eigenvalue weighted by atomic mass is 10.1. The maximum Gasteiger partial charge on any atom is 0.191 e. The Morgan fingerprint density at radius 2 is 2.04 bits per heavy atom. The highest BCUT2D eigenvalue weighted by Gasteiger charge is 2.08. The molecule has 6 nitrogen and oxygen atoms in total. The van der Waals surface area contributed by atoms with Crippen LogP contribution in [-0.4, -0.2) is 64.4 Å². The minimum absolute atomic E-state index is 0.544. The summed E-state index contributed by atoms with van der Waals surface area (Å²) in [4.78, 5) is 6.65. The third-order valence-electron chi connectivity index (χ3n) is 4.54. The Labute approximate surface area is 159 Å². The van der Waals surface area contributed by atoms with E-state index in [2.05, 4.69) is 66.5 Å². The Bertz CT molecular complexity index is 549. The van der Waals surface area contributed by atoms with Gasteiger partial charge in [-0.1, -0.05) is 19.1 Å². The van der Waals surface area contributed by atoms with Gasteiger partial charge < -0.3 is 25.0 Å².